The molecule has 0 bridgehead atoms. The number of thiazole rings is 1. The number of unbranched alkanes of at least 4 members (excludes halogenated alkanes) is 1. The number of amides is 1. The third-order valence-electron chi connectivity index (χ3n) is 3.35. The fourth-order valence-corrected chi connectivity index (χ4v) is 3.11. The first-order chi connectivity index (χ1) is 10.1. The van der Waals surface area contributed by atoms with Gasteiger partial charge in [0, 0.05) is 12.4 Å². The second-order valence-corrected chi connectivity index (χ2v) is 6.19. The highest BCUT2D eigenvalue weighted by molar-refractivity contribution is 7.13. The molecule has 0 aliphatic heterocycles. The van der Waals surface area contributed by atoms with Gasteiger partial charge < -0.3 is 5.32 Å². The van der Waals surface area contributed by atoms with Gasteiger partial charge in [-0.2, -0.15) is 0 Å². The molecule has 2 aromatic heterocycles. The van der Waals surface area contributed by atoms with Crippen molar-refractivity contribution in [1.82, 2.24) is 15.3 Å². The summed E-state index contributed by atoms with van der Waals surface area (Å²) >= 11 is 1.51. The summed E-state index contributed by atoms with van der Waals surface area (Å²) in [6.45, 7) is 6.03. The summed E-state index contributed by atoms with van der Waals surface area (Å²) in [4.78, 5) is 21.6. The minimum Gasteiger partial charge on any atom is -0.345 e. The van der Waals surface area contributed by atoms with Gasteiger partial charge in [0.1, 0.15) is 4.88 Å². The van der Waals surface area contributed by atoms with E-state index in [-0.39, 0.29) is 11.9 Å². The lowest BCUT2D eigenvalue weighted by molar-refractivity contribution is 0.0943. The van der Waals surface area contributed by atoms with Gasteiger partial charge in [-0.25, -0.2) is 4.98 Å². The van der Waals surface area contributed by atoms with E-state index in [1.165, 1.54) is 11.3 Å². The number of hydrogen-bond donors (Lipinski definition) is 1. The van der Waals surface area contributed by atoms with Crippen LogP contribution in [0.4, 0.5) is 0 Å². The smallest absolute Gasteiger partial charge is 0.263 e. The number of nitrogens with zero attached hydrogens (tertiary/aromatic N) is 2. The molecule has 2 aromatic rings. The Morgan fingerprint density at radius 3 is 2.76 bits per heavy atom. The van der Waals surface area contributed by atoms with E-state index in [1.54, 1.807) is 12.4 Å². The lowest BCUT2D eigenvalue weighted by atomic mass is 10.1. The maximum Gasteiger partial charge on any atom is 0.263 e. The zero-order chi connectivity index (χ0) is 15.2. The molecule has 21 heavy (non-hydrogen) atoms. The highest BCUT2D eigenvalue weighted by Gasteiger charge is 2.17. The van der Waals surface area contributed by atoms with E-state index in [4.69, 9.17) is 0 Å². The number of nitrogens with one attached hydrogen (secondary N) is 1. The third kappa shape index (κ3) is 4.11. The first-order valence-corrected chi connectivity index (χ1v) is 8.10. The SMILES string of the molecule is CCCCc1nc(C)c(C(=O)NC(C)c2ccncc2)s1. The van der Waals surface area contributed by atoms with Gasteiger partial charge in [0.05, 0.1) is 16.7 Å². The Labute approximate surface area is 129 Å². The maximum absolute atomic E-state index is 12.4. The lowest BCUT2D eigenvalue weighted by Crippen LogP contribution is -2.26. The number of rotatable bonds is 6. The molecular formula is C16H21N3OS. The van der Waals surface area contributed by atoms with Gasteiger partial charge in [-0.1, -0.05) is 13.3 Å². The lowest BCUT2D eigenvalue weighted by Gasteiger charge is -2.13. The molecule has 1 atom stereocenters. The van der Waals surface area contributed by atoms with Gasteiger partial charge in [-0.3, -0.25) is 9.78 Å². The van der Waals surface area contributed by atoms with Crippen LogP contribution in [0.5, 0.6) is 0 Å². The van der Waals surface area contributed by atoms with Gasteiger partial charge in [0.25, 0.3) is 5.91 Å². The molecule has 5 heteroatoms. The number of aryl methyl sites for hydroxylation is 2. The van der Waals surface area contributed by atoms with Crippen LogP contribution in [0.15, 0.2) is 24.5 Å². The Hall–Kier alpha value is -1.75. The Morgan fingerprint density at radius 1 is 1.38 bits per heavy atom. The highest BCUT2D eigenvalue weighted by Crippen LogP contribution is 2.21. The molecule has 0 saturated heterocycles. The van der Waals surface area contributed by atoms with Crippen molar-refractivity contribution >= 4 is 17.2 Å². The van der Waals surface area contributed by atoms with Crippen molar-refractivity contribution in [2.45, 2.75) is 46.1 Å². The Balaban J connectivity index is 2.05. The second-order valence-electron chi connectivity index (χ2n) is 5.10. The highest BCUT2D eigenvalue weighted by atomic mass is 32.1. The van der Waals surface area contributed by atoms with Crippen molar-refractivity contribution < 1.29 is 4.79 Å². The van der Waals surface area contributed by atoms with Crippen LogP contribution in [-0.4, -0.2) is 15.9 Å². The molecule has 1 unspecified atom stereocenters. The quantitative estimate of drug-likeness (QED) is 0.885. The zero-order valence-corrected chi connectivity index (χ0v) is 13.5. The molecule has 0 aliphatic carbocycles. The van der Waals surface area contributed by atoms with Gasteiger partial charge in [0.2, 0.25) is 0 Å². The van der Waals surface area contributed by atoms with Crippen molar-refractivity contribution in [3.05, 3.63) is 45.7 Å². The standard InChI is InChI=1S/C16H21N3OS/c1-4-5-6-14-18-12(3)15(21-14)16(20)19-11(2)13-7-9-17-10-8-13/h7-11H,4-6H2,1-3H3,(H,19,20). The normalized spacial score (nSPS) is 12.1. The van der Waals surface area contributed by atoms with Gasteiger partial charge in [-0.05, 0) is 44.4 Å². The van der Waals surface area contributed by atoms with Crippen LogP contribution >= 0.6 is 11.3 Å². The molecule has 0 spiro atoms. The van der Waals surface area contributed by atoms with E-state index in [0.29, 0.717) is 0 Å². The van der Waals surface area contributed by atoms with Crippen LogP contribution in [-0.2, 0) is 6.42 Å². The summed E-state index contributed by atoms with van der Waals surface area (Å²) in [6.07, 6.45) is 6.67. The molecule has 0 aromatic carbocycles. The number of hydrogen-bond acceptors (Lipinski definition) is 4. The predicted octanol–water partition coefficient (Wildman–Crippen LogP) is 3.68. The molecule has 2 rings (SSSR count). The van der Waals surface area contributed by atoms with Crippen LogP contribution < -0.4 is 5.32 Å². The minimum absolute atomic E-state index is 0.0407. The fourth-order valence-electron chi connectivity index (χ4n) is 2.10. The molecule has 0 saturated carbocycles. The third-order valence-corrected chi connectivity index (χ3v) is 4.56. The topological polar surface area (TPSA) is 54.9 Å². The van der Waals surface area contributed by atoms with E-state index in [1.807, 2.05) is 26.0 Å². The van der Waals surface area contributed by atoms with Crippen LogP contribution in [0, 0.1) is 6.92 Å². The molecule has 1 N–H and O–H groups in total. The van der Waals surface area contributed by atoms with E-state index >= 15 is 0 Å². The van der Waals surface area contributed by atoms with E-state index in [2.05, 4.69) is 22.2 Å². The summed E-state index contributed by atoms with van der Waals surface area (Å²) in [7, 11) is 0. The molecule has 0 radical (unpaired) electrons. The van der Waals surface area contributed by atoms with Crippen LogP contribution in [0.1, 0.15) is 58.7 Å². The first-order valence-electron chi connectivity index (χ1n) is 7.29. The summed E-state index contributed by atoms with van der Waals surface area (Å²) in [5.74, 6) is -0.0444. The number of aromatic nitrogens is 2. The van der Waals surface area contributed by atoms with Gasteiger partial charge in [-0.15, -0.1) is 11.3 Å². The molecule has 4 nitrogen and oxygen atoms in total. The number of pyridine rings is 1. The summed E-state index contributed by atoms with van der Waals surface area (Å²) in [5, 5.41) is 4.08. The largest absolute Gasteiger partial charge is 0.345 e. The average molecular weight is 303 g/mol. The molecule has 1 amide bonds. The van der Waals surface area contributed by atoms with E-state index in [0.717, 1.165) is 40.4 Å². The minimum atomic E-state index is -0.0444. The van der Waals surface area contributed by atoms with Crippen molar-refractivity contribution in [3.8, 4) is 0 Å². The predicted molar refractivity (Wildman–Crippen MR) is 85.6 cm³/mol. The average Bonchev–Trinajstić information content (AvgIpc) is 2.87. The van der Waals surface area contributed by atoms with Crippen LogP contribution in [0.25, 0.3) is 0 Å². The second kappa shape index (κ2) is 7.31. The molecule has 0 aliphatic rings. The summed E-state index contributed by atoms with van der Waals surface area (Å²) in [6, 6.07) is 3.79. The van der Waals surface area contributed by atoms with Gasteiger partial charge in [0.15, 0.2) is 0 Å². The number of carbonyl (C=O) groups is 1. The molecule has 112 valence electrons. The summed E-state index contributed by atoms with van der Waals surface area (Å²) in [5.41, 5.74) is 1.87. The van der Waals surface area contributed by atoms with Crippen LogP contribution in [0.3, 0.4) is 0 Å². The molecular weight excluding hydrogens is 282 g/mol. The number of carbonyl (C=O) groups excluding carboxylic acids is 1. The van der Waals surface area contributed by atoms with E-state index in [9.17, 15) is 4.79 Å². The monoisotopic (exact) mass is 303 g/mol. The van der Waals surface area contributed by atoms with Crippen molar-refractivity contribution in [2.75, 3.05) is 0 Å². The van der Waals surface area contributed by atoms with Crippen molar-refractivity contribution in [3.63, 3.8) is 0 Å². The van der Waals surface area contributed by atoms with Crippen molar-refractivity contribution in [1.29, 1.82) is 0 Å². The Bertz CT molecular complexity index is 595. The fraction of sp³-hybridized carbons (Fsp3) is 0.438. The maximum atomic E-state index is 12.4. The van der Waals surface area contributed by atoms with Gasteiger partial charge >= 0.3 is 0 Å². The van der Waals surface area contributed by atoms with Crippen LogP contribution in [0.2, 0.25) is 0 Å². The molecule has 2 heterocycles. The zero-order valence-electron chi connectivity index (χ0n) is 12.7. The Morgan fingerprint density at radius 2 is 2.10 bits per heavy atom. The summed E-state index contributed by atoms with van der Waals surface area (Å²) < 4.78 is 0. The Kier molecular flexibility index (Phi) is 5.44. The first kappa shape index (κ1) is 15.6. The van der Waals surface area contributed by atoms with E-state index < -0.39 is 0 Å². The molecule has 0 fully saturated rings. The van der Waals surface area contributed by atoms with Crippen molar-refractivity contribution in [2.24, 2.45) is 0 Å².